The molecule has 0 bridgehead atoms. The van der Waals surface area contributed by atoms with Gasteiger partial charge in [0.1, 0.15) is 36.8 Å². The summed E-state index contributed by atoms with van der Waals surface area (Å²) >= 11 is 1.80. The molecule has 1 amide bonds. The summed E-state index contributed by atoms with van der Waals surface area (Å²) in [7, 11) is 0. The Kier molecular flexibility index (Phi) is 5.62. The van der Waals surface area contributed by atoms with E-state index >= 15 is 0 Å². The highest BCUT2D eigenvalue weighted by Gasteiger charge is 2.30. The Morgan fingerprint density at radius 3 is 2.59 bits per heavy atom. The average Bonchev–Trinajstić information content (AvgIpc) is 2.99. The molecule has 27 heavy (non-hydrogen) atoms. The molecule has 1 saturated heterocycles. The van der Waals surface area contributed by atoms with Gasteiger partial charge in [0.2, 0.25) is 0 Å². The molecular formula is C22H29N2O2S+. The number of hydrogen-bond donors (Lipinski definition) is 2. The van der Waals surface area contributed by atoms with E-state index in [9.17, 15) is 4.79 Å². The number of carbonyl (C=O) groups excluding carboxylic acids is 1. The van der Waals surface area contributed by atoms with Gasteiger partial charge in [-0.25, -0.2) is 0 Å². The van der Waals surface area contributed by atoms with Gasteiger partial charge in [-0.3, -0.25) is 4.79 Å². The molecule has 0 spiro atoms. The number of anilines is 1. The van der Waals surface area contributed by atoms with Gasteiger partial charge in [0.25, 0.3) is 5.91 Å². The predicted molar refractivity (Wildman–Crippen MR) is 110 cm³/mol. The number of fused-ring (bicyclic) bond motifs is 1. The third-order valence-corrected chi connectivity index (χ3v) is 6.84. The normalized spacial score (nSPS) is 25.0. The summed E-state index contributed by atoms with van der Waals surface area (Å²) < 4.78 is 5.91. The summed E-state index contributed by atoms with van der Waals surface area (Å²) in [4.78, 5) is 15.8. The van der Waals surface area contributed by atoms with E-state index in [-0.39, 0.29) is 5.91 Å². The number of thiophene rings is 1. The van der Waals surface area contributed by atoms with Gasteiger partial charge >= 0.3 is 0 Å². The molecule has 1 aliphatic heterocycles. The van der Waals surface area contributed by atoms with Crippen LogP contribution >= 0.6 is 11.3 Å². The minimum Gasteiger partial charge on any atom is -0.364 e. The van der Waals surface area contributed by atoms with E-state index in [0.29, 0.717) is 12.2 Å². The lowest BCUT2D eigenvalue weighted by molar-refractivity contribution is -0.928. The first-order valence-electron chi connectivity index (χ1n) is 10.1. The summed E-state index contributed by atoms with van der Waals surface area (Å²) in [6.45, 7) is 7.37. The Morgan fingerprint density at radius 2 is 1.85 bits per heavy atom. The highest BCUT2D eigenvalue weighted by molar-refractivity contribution is 7.16. The van der Waals surface area contributed by atoms with Crippen LogP contribution in [0.5, 0.6) is 0 Å². The van der Waals surface area contributed by atoms with Crippen molar-refractivity contribution in [2.75, 3.05) is 18.4 Å². The van der Waals surface area contributed by atoms with Crippen molar-refractivity contribution in [3.05, 3.63) is 51.9 Å². The number of rotatable bonds is 4. The van der Waals surface area contributed by atoms with Crippen LogP contribution in [0, 0.1) is 0 Å². The van der Waals surface area contributed by atoms with Crippen LogP contribution in [0.2, 0.25) is 0 Å². The number of carbonyl (C=O) groups is 1. The van der Waals surface area contributed by atoms with Gasteiger partial charge in [-0.05, 0) is 57.2 Å². The zero-order chi connectivity index (χ0) is 18.8. The van der Waals surface area contributed by atoms with Crippen molar-refractivity contribution < 1.29 is 14.4 Å². The minimum absolute atomic E-state index is 0.00541. The van der Waals surface area contributed by atoms with Gasteiger partial charge in [0.15, 0.2) is 0 Å². The summed E-state index contributed by atoms with van der Waals surface area (Å²) in [5.74, 6) is -0.00541. The molecule has 4 rings (SSSR count). The maximum absolute atomic E-state index is 12.7. The fourth-order valence-electron chi connectivity index (χ4n) is 4.47. The molecule has 2 N–H and O–H groups in total. The minimum atomic E-state index is -0.00541. The first-order chi connectivity index (χ1) is 13.1. The molecule has 0 unspecified atom stereocenters. The van der Waals surface area contributed by atoms with Gasteiger partial charge in [-0.15, -0.1) is 11.3 Å². The van der Waals surface area contributed by atoms with Gasteiger partial charge in [-0.2, -0.15) is 0 Å². The van der Waals surface area contributed by atoms with Crippen molar-refractivity contribution in [2.45, 2.75) is 58.3 Å². The molecule has 1 fully saturated rings. The zero-order valence-electron chi connectivity index (χ0n) is 16.2. The fourth-order valence-corrected chi connectivity index (χ4v) is 5.77. The number of morpholine rings is 1. The Hall–Kier alpha value is -1.69. The Bertz CT molecular complexity index is 792. The van der Waals surface area contributed by atoms with Crippen LogP contribution in [0.4, 0.5) is 5.00 Å². The molecule has 0 saturated carbocycles. The first kappa shape index (κ1) is 18.7. The second kappa shape index (κ2) is 8.13. The highest BCUT2D eigenvalue weighted by Crippen LogP contribution is 2.38. The van der Waals surface area contributed by atoms with Crippen LogP contribution in [0.15, 0.2) is 30.3 Å². The third-order valence-electron chi connectivity index (χ3n) is 5.59. The van der Waals surface area contributed by atoms with E-state index in [1.165, 1.54) is 28.8 Å². The van der Waals surface area contributed by atoms with Crippen LogP contribution < -0.4 is 10.2 Å². The molecule has 2 heterocycles. The van der Waals surface area contributed by atoms with E-state index in [1.54, 1.807) is 16.2 Å². The van der Waals surface area contributed by atoms with Crippen molar-refractivity contribution in [1.82, 2.24) is 0 Å². The maximum Gasteiger partial charge on any atom is 0.256 e. The highest BCUT2D eigenvalue weighted by atomic mass is 32.1. The fraction of sp³-hybridized carbons (Fsp3) is 0.500. The number of nitrogens with one attached hydrogen (secondary N) is 2. The molecule has 1 aliphatic carbocycles. The molecule has 2 atom stereocenters. The predicted octanol–water partition coefficient (Wildman–Crippen LogP) is 3.07. The van der Waals surface area contributed by atoms with Crippen LogP contribution in [-0.2, 0) is 24.1 Å². The van der Waals surface area contributed by atoms with Gasteiger partial charge < -0.3 is 15.0 Å². The van der Waals surface area contributed by atoms with E-state index in [1.807, 2.05) is 30.3 Å². The lowest BCUT2D eigenvalue weighted by Crippen LogP contribution is -3.14. The monoisotopic (exact) mass is 385 g/mol. The number of hydrogen-bond acceptors (Lipinski definition) is 3. The average molecular weight is 386 g/mol. The van der Waals surface area contributed by atoms with Crippen LogP contribution in [0.1, 0.15) is 53.1 Å². The summed E-state index contributed by atoms with van der Waals surface area (Å²) in [6, 6.07) is 9.51. The largest absolute Gasteiger partial charge is 0.364 e. The molecule has 2 aromatic rings. The maximum atomic E-state index is 12.7. The molecule has 1 aromatic carbocycles. The Balaban J connectivity index is 1.59. The molecular weight excluding hydrogens is 356 g/mol. The number of ether oxygens (including phenoxy) is 1. The van der Waals surface area contributed by atoms with Gasteiger partial charge in [0, 0.05) is 16.0 Å². The lowest BCUT2D eigenvalue weighted by atomic mass is 9.95. The zero-order valence-corrected chi connectivity index (χ0v) is 17.0. The topological polar surface area (TPSA) is 42.8 Å². The molecule has 4 nitrogen and oxygen atoms in total. The molecule has 0 radical (unpaired) electrons. The van der Waals surface area contributed by atoms with E-state index in [0.717, 1.165) is 43.0 Å². The van der Waals surface area contributed by atoms with Crippen LogP contribution in [0.3, 0.4) is 0 Å². The SMILES string of the molecule is C[C@@H]1C[NH+](Cc2c(NC(=O)c3ccccc3)sc3c2CCCC3)C[C@@H](C)O1. The van der Waals surface area contributed by atoms with Crippen molar-refractivity contribution in [3.8, 4) is 0 Å². The molecule has 5 heteroatoms. The third kappa shape index (κ3) is 4.26. The van der Waals surface area contributed by atoms with Crippen molar-refractivity contribution >= 4 is 22.2 Å². The number of amides is 1. The molecule has 2 aliphatic rings. The first-order valence-corrected chi connectivity index (χ1v) is 10.9. The van der Waals surface area contributed by atoms with Crippen molar-refractivity contribution in [3.63, 3.8) is 0 Å². The van der Waals surface area contributed by atoms with E-state index in [4.69, 9.17) is 4.74 Å². The number of benzene rings is 1. The molecule has 1 aromatic heterocycles. The van der Waals surface area contributed by atoms with Crippen LogP contribution in [-0.4, -0.2) is 31.2 Å². The summed E-state index contributed by atoms with van der Waals surface area (Å²) in [6.07, 6.45) is 5.41. The Labute approximate surface area is 165 Å². The van der Waals surface area contributed by atoms with Gasteiger partial charge in [-0.1, -0.05) is 18.2 Å². The summed E-state index contributed by atoms with van der Waals surface area (Å²) in [5.41, 5.74) is 3.60. The summed E-state index contributed by atoms with van der Waals surface area (Å²) in [5, 5.41) is 4.30. The Morgan fingerprint density at radius 1 is 1.15 bits per heavy atom. The van der Waals surface area contributed by atoms with Crippen molar-refractivity contribution in [1.29, 1.82) is 0 Å². The lowest BCUT2D eigenvalue weighted by Gasteiger charge is -2.32. The second-order valence-electron chi connectivity index (χ2n) is 7.93. The standard InChI is InChI=1S/C22H28N2O2S/c1-15-12-24(13-16(2)26-15)14-19-18-10-6-7-11-20(18)27-22(19)23-21(25)17-8-4-3-5-9-17/h3-5,8-9,15-16H,6-7,10-14H2,1-2H3,(H,23,25)/p+1/t15-,16-/m1/s1. The number of quaternary nitrogens is 1. The van der Waals surface area contributed by atoms with Gasteiger partial charge in [0.05, 0.1) is 0 Å². The van der Waals surface area contributed by atoms with E-state index < -0.39 is 0 Å². The molecule has 144 valence electrons. The smallest absolute Gasteiger partial charge is 0.256 e. The van der Waals surface area contributed by atoms with Crippen molar-refractivity contribution in [2.24, 2.45) is 0 Å². The van der Waals surface area contributed by atoms with Crippen LogP contribution in [0.25, 0.3) is 0 Å². The second-order valence-corrected chi connectivity index (χ2v) is 9.04. The van der Waals surface area contributed by atoms with E-state index in [2.05, 4.69) is 19.2 Å². The quantitative estimate of drug-likeness (QED) is 0.849. The number of aryl methyl sites for hydroxylation is 1.